The number of carbonyl (C=O) groups excluding carboxylic acids is 5. The second-order valence-corrected chi connectivity index (χ2v) is 23.6. The largest absolute Gasteiger partial charge is 0.490 e. The minimum Gasteiger partial charge on any atom is -0.490 e. The third-order valence-electron chi connectivity index (χ3n) is 16.4. The fraction of sp³-hybridized carbons (Fsp3) is 0.425. The van der Waals surface area contributed by atoms with E-state index in [0.29, 0.717) is 56.7 Å². The second-order valence-electron chi connectivity index (χ2n) is 23.6. The summed E-state index contributed by atoms with van der Waals surface area (Å²) in [5.74, 6) is -0.988. The first-order chi connectivity index (χ1) is 43.1. The molecule has 0 heterocycles. The SMILES string of the molecule is C[C@H](CC[C@H](C(=O)N(C)[C@H](C)C(=O)C[C@H](Cc1ccc(F)cc1)C(=O)OCc1ccccc1)C1CC1)Oc1ccccc1CCCNC(=O)OCc1ccccc1.C[C@H](CC[C@H](C(=O)O)C1CC1)Oc1ccccc1CCCNC(=O)OCc1ccccc1. The summed E-state index contributed by atoms with van der Waals surface area (Å²) in [6, 6.07) is 49.3. The molecule has 6 aromatic rings. The number of amides is 3. The van der Waals surface area contributed by atoms with Gasteiger partial charge < -0.3 is 44.3 Å². The molecule has 6 atom stereocenters. The number of carbonyl (C=O) groups is 6. The van der Waals surface area contributed by atoms with Gasteiger partial charge in [-0.25, -0.2) is 14.0 Å². The van der Waals surface area contributed by atoms with Crippen LogP contribution in [-0.4, -0.2) is 84.2 Å². The van der Waals surface area contributed by atoms with Crippen molar-refractivity contribution in [2.24, 2.45) is 29.6 Å². The number of ketones is 1. The second kappa shape index (κ2) is 36.1. The van der Waals surface area contributed by atoms with Gasteiger partial charge in [0.2, 0.25) is 5.91 Å². The Morgan fingerprint density at radius 1 is 0.528 bits per heavy atom. The first-order valence-corrected chi connectivity index (χ1v) is 31.5. The summed E-state index contributed by atoms with van der Waals surface area (Å²) in [6.07, 6.45) is 8.57. The molecule has 2 aliphatic carbocycles. The zero-order valence-corrected chi connectivity index (χ0v) is 51.9. The van der Waals surface area contributed by atoms with E-state index >= 15 is 0 Å². The van der Waals surface area contributed by atoms with Crippen LogP contribution < -0.4 is 20.1 Å². The quantitative estimate of drug-likeness (QED) is 0.0194. The number of halogens is 1. The number of hydrogen-bond acceptors (Lipinski definition) is 11. The van der Waals surface area contributed by atoms with E-state index in [-0.39, 0.29) is 80.1 Å². The highest BCUT2D eigenvalue weighted by atomic mass is 19.1. The number of nitrogens with zero attached hydrogens (tertiary/aromatic N) is 1. The molecule has 0 saturated heterocycles. The highest BCUT2D eigenvalue weighted by molar-refractivity contribution is 5.92. The fourth-order valence-corrected chi connectivity index (χ4v) is 10.7. The van der Waals surface area contributed by atoms with Crippen LogP contribution in [0.4, 0.5) is 14.0 Å². The lowest BCUT2D eigenvalue weighted by Gasteiger charge is -2.30. The van der Waals surface area contributed by atoms with Gasteiger partial charge in [0, 0.05) is 32.5 Å². The molecule has 8 rings (SSSR count). The zero-order valence-electron chi connectivity index (χ0n) is 51.9. The molecule has 3 N–H and O–H groups in total. The molecule has 0 aromatic heterocycles. The first kappa shape index (κ1) is 68.0. The Kier molecular flexibility index (Phi) is 27.5. The van der Waals surface area contributed by atoms with Gasteiger partial charge in [-0.1, -0.05) is 140 Å². The summed E-state index contributed by atoms with van der Waals surface area (Å²) in [5, 5.41) is 15.0. The number of ether oxygens (including phenoxy) is 5. The molecule has 89 heavy (non-hydrogen) atoms. The van der Waals surface area contributed by atoms with Gasteiger partial charge in [-0.2, -0.15) is 0 Å². The van der Waals surface area contributed by atoms with E-state index in [1.54, 1.807) is 26.1 Å². The Labute approximate surface area is 524 Å². The highest BCUT2D eigenvalue weighted by Crippen LogP contribution is 2.41. The van der Waals surface area contributed by atoms with Gasteiger partial charge in [0.15, 0.2) is 5.78 Å². The number of alkyl carbamates (subject to hydrolysis) is 2. The van der Waals surface area contributed by atoms with Crippen LogP contribution >= 0.6 is 0 Å². The van der Waals surface area contributed by atoms with Crippen molar-refractivity contribution >= 4 is 35.8 Å². The maximum absolute atomic E-state index is 14.0. The fourth-order valence-electron chi connectivity index (χ4n) is 10.7. The molecule has 2 saturated carbocycles. The van der Waals surface area contributed by atoms with E-state index in [0.717, 1.165) is 84.3 Å². The average molecular weight is 1220 g/mol. The molecule has 2 aliphatic rings. The van der Waals surface area contributed by atoms with Gasteiger partial charge in [0.05, 0.1) is 30.1 Å². The molecule has 15 nitrogen and oxygen atoms in total. The molecule has 474 valence electrons. The summed E-state index contributed by atoms with van der Waals surface area (Å²) < 4.78 is 42.3. The lowest BCUT2D eigenvalue weighted by atomic mass is 9.91. The number of likely N-dealkylation sites (N-methyl/N-ethyl adjacent to an activating group) is 1. The summed E-state index contributed by atoms with van der Waals surface area (Å²) in [4.78, 5) is 78.0. The number of para-hydroxylation sites is 2. The smallest absolute Gasteiger partial charge is 0.407 e. The number of nitrogens with one attached hydrogen (secondary N) is 2. The van der Waals surface area contributed by atoms with Crippen molar-refractivity contribution in [3.63, 3.8) is 0 Å². The zero-order chi connectivity index (χ0) is 63.3. The van der Waals surface area contributed by atoms with E-state index in [9.17, 15) is 38.3 Å². The summed E-state index contributed by atoms with van der Waals surface area (Å²) in [6.45, 7) is 7.23. The summed E-state index contributed by atoms with van der Waals surface area (Å²) in [7, 11) is 1.66. The molecule has 6 aromatic carbocycles. The Bertz CT molecular complexity index is 3140. The molecule has 16 heteroatoms. The Morgan fingerprint density at radius 3 is 1.39 bits per heavy atom. The van der Waals surface area contributed by atoms with Crippen LogP contribution in [0.2, 0.25) is 0 Å². The third kappa shape index (κ3) is 24.2. The maximum Gasteiger partial charge on any atom is 0.407 e. The monoisotopic (exact) mass is 1220 g/mol. The van der Waals surface area contributed by atoms with Gasteiger partial charge in [-0.3, -0.25) is 19.2 Å². The van der Waals surface area contributed by atoms with Gasteiger partial charge >= 0.3 is 24.1 Å². The molecule has 0 bridgehead atoms. The Morgan fingerprint density at radius 2 is 0.944 bits per heavy atom. The van der Waals surface area contributed by atoms with Gasteiger partial charge in [0.25, 0.3) is 0 Å². The number of Topliss-reactive ketones (excluding diaryl/α,β-unsaturated/α-hetero) is 1. The van der Waals surface area contributed by atoms with Crippen LogP contribution in [0.25, 0.3) is 0 Å². The number of carboxylic acid groups (broad SMARTS) is 1. The summed E-state index contributed by atoms with van der Waals surface area (Å²) >= 11 is 0. The standard InChI is InChI=1S/C47H55FN2O7.C26H33NO5/c1-33(57-44-19-11-10-17-39(44)18-12-28-49-47(54)56-32-37-15-8-5-9-16-37)20-27-42(38-23-24-38)45(52)50(3)34(2)43(51)30-40(29-35-21-25-41(48)26-22-35)46(53)55-31-36-13-6-4-7-14-36;1-19(13-16-23(25(28)29)21-14-15-21)32-24-12-6-5-10-22(24)11-7-17-27-26(30)31-18-20-8-3-2-4-9-20/h4-11,13-17,19,21-22,25-26,33-34,38,40,42H,12,18,20,23-24,27-32H2,1-3H3,(H,49,54);2-6,8-10,12,19,21,23H,7,11,13-18H2,1H3,(H,27,30)(H,28,29)/t33-,34-,40+,42+;19-,23+/m11/s1. The van der Waals surface area contributed by atoms with Crippen LogP contribution in [0.1, 0.15) is 125 Å². The van der Waals surface area contributed by atoms with Crippen molar-refractivity contribution in [2.75, 3.05) is 20.1 Å². The van der Waals surface area contributed by atoms with E-state index in [1.807, 2.05) is 153 Å². The molecule has 0 aliphatic heterocycles. The molecule has 3 amide bonds. The molecule has 2 fully saturated rings. The van der Waals surface area contributed by atoms with E-state index in [4.69, 9.17) is 23.7 Å². The van der Waals surface area contributed by atoms with Crippen LogP contribution in [-0.2, 0) is 72.5 Å². The molecule has 0 unspecified atom stereocenters. The topological polar surface area (TPSA) is 196 Å². The van der Waals surface area contributed by atoms with Crippen molar-refractivity contribution in [1.82, 2.24) is 15.5 Å². The minimum absolute atomic E-state index is 0.0529. The van der Waals surface area contributed by atoms with Gasteiger partial charge in [-0.15, -0.1) is 0 Å². The number of aryl methyl sites for hydroxylation is 2. The number of carboxylic acids is 1. The molecule has 0 radical (unpaired) electrons. The van der Waals surface area contributed by atoms with Gasteiger partial charge in [-0.05, 0) is 174 Å². The lowest BCUT2D eigenvalue weighted by molar-refractivity contribution is -0.152. The number of hydrogen-bond donors (Lipinski definition) is 3. The van der Waals surface area contributed by atoms with Crippen molar-refractivity contribution in [3.8, 4) is 11.5 Å². The average Bonchev–Trinajstić information content (AvgIpc) is 3.00. The molecule has 0 spiro atoms. The third-order valence-corrected chi connectivity index (χ3v) is 16.4. The normalized spacial score (nSPS) is 14.6. The number of aliphatic carboxylic acids is 1. The molecular formula is C73H88FN3O12. The number of esters is 1. The predicted octanol–water partition coefficient (Wildman–Crippen LogP) is 13.9. The number of benzene rings is 6. The van der Waals surface area contributed by atoms with Crippen LogP contribution in [0, 0.1) is 35.4 Å². The van der Waals surface area contributed by atoms with Crippen molar-refractivity contribution < 1.29 is 61.9 Å². The Balaban J connectivity index is 0.000000297. The van der Waals surface area contributed by atoms with Crippen molar-refractivity contribution in [1.29, 1.82) is 0 Å². The summed E-state index contributed by atoms with van der Waals surface area (Å²) in [5.41, 5.74) is 5.54. The maximum atomic E-state index is 14.0. The van der Waals surface area contributed by atoms with Crippen molar-refractivity contribution in [3.05, 3.63) is 203 Å². The van der Waals surface area contributed by atoms with Crippen molar-refractivity contribution in [2.45, 2.75) is 149 Å². The predicted molar refractivity (Wildman–Crippen MR) is 339 cm³/mol. The van der Waals surface area contributed by atoms with Crippen LogP contribution in [0.15, 0.2) is 164 Å². The minimum atomic E-state index is -0.796. The first-order valence-electron chi connectivity index (χ1n) is 31.5. The van der Waals surface area contributed by atoms with E-state index in [1.165, 1.54) is 17.0 Å². The van der Waals surface area contributed by atoms with Crippen LogP contribution in [0.5, 0.6) is 11.5 Å². The lowest BCUT2D eigenvalue weighted by Crippen LogP contribution is -2.45. The van der Waals surface area contributed by atoms with Crippen LogP contribution in [0.3, 0.4) is 0 Å². The Hall–Kier alpha value is -8.53. The van der Waals surface area contributed by atoms with Gasteiger partial charge in [0.1, 0.15) is 37.1 Å². The number of rotatable bonds is 35. The van der Waals surface area contributed by atoms with E-state index < -0.39 is 36.1 Å². The highest BCUT2D eigenvalue weighted by Gasteiger charge is 2.40. The van der Waals surface area contributed by atoms with E-state index in [2.05, 4.69) is 10.6 Å². The molecular weight excluding hydrogens is 1130 g/mol.